The number of halogens is 2. The average molecular weight is 286 g/mol. The SMILES string of the molecule is CC/C(C#N)=C(/N)c1cc(Cl)ccc1Br. The van der Waals surface area contributed by atoms with Gasteiger partial charge in [0.15, 0.2) is 0 Å². The number of rotatable bonds is 2. The molecule has 0 radical (unpaired) electrons. The molecule has 0 aliphatic heterocycles. The van der Waals surface area contributed by atoms with E-state index in [4.69, 9.17) is 22.6 Å². The van der Waals surface area contributed by atoms with E-state index >= 15 is 0 Å². The third-order valence-electron chi connectivity index (χ3n) is 2.03. The Labute approximate surface area is 102 Å². The van der Waals surface area contributed by atoms with Crippen LogP contribution in [0.3, 0.4) is 0 Å². The lowest BCUT2D eigenvalue weighted by molar-refractivity contribution is 1.14. The van der Waals surface area contributed by atoms with Crippen molar-refractivity contribution in [3.05, 3.63) is 38.8 Å². The smallest absolute Gasteiger partial charge is 0.0968 e. The highest BCUT2D eigenvalue weighted by Crippen LogP contribution is 2.27. The summed E-state index contributed by atoms with van der Waals surface area (Å²) in [5, 5.41) is 9.48. The number of hydrogen-bond acceptors (Lipinski definition) is 2. The molecule has 15 heavy (non-hydrogen) atoms. The van der Waals surface area contributed by atoms with Crippen molar-refractivity contribution in [2.24, 2.45) is 5.73 Å². The minimum Gasteiger partial charge on any atom is -0.397 e. The van der Waals surface area contributed by atoms with Crippen molar-refractivity contribution < 1.29 is 0 Å². The molecule has 0 aliphatic carbocycles. The lowest BCUT2D eigenvalue weighted by atomic mass is 10.1. The Bertz CT molecular complexity index is 446. The second-order valence-electron chi connectivity index (χ2n) is 2.98. The predicted octanol–water partition coefficient (Wildman–Crippen LogP) is 3.71. The normalized spacial score (nSPS) is 11.9. The molecule has 0 saturated heterocycles. The molecular formula is C11H10BrClN2. The van der Waals surface area contributed by atoms with Gasteiger partial charge in [0.2, 0.25) is 0 Å². The number of hydrogen-bond donors (Lipinski definition) is 1. The van der Waals surface area contributed by atoms with Crippen LogP contribution in [-0.4, -0.2) is 0 Å². The third-order valence-corrected chi connectivity index (χ3v) is 2.96. The molecule has 4 heteroatoms. The highest BCUT2D eigenvalue weighted by molar-refractivity contribution is 9.10. The standard InChI is InChI=1S/C11H10BrClN2/c1-2-7(6-14)11(15)9-5-8(13)3-4-10(9)12/h3-5H,2,15H2,1H3/b11-7-. The Hall–Kier alpha value is -0.980. The van der Waals surface area contributed by atoms with Crippen LogP contribution in [0.2, 0.25) is 5.02 Å². The van der Waals surface area contributed by atoms with E-state index in [1.165, 1.54) is 0 Å². The summed E-state index contributed by atoms with van der Waals surface area (Å²) < 4.78 is 0.839. The maximum atomic E-state index is 8.88. The molecule has 1 aromatic carbocycles. The number of nitrogens with zero attached hydrogens (tertiary/aromatic N) is 1. The van der Waals surface area contributed by atoms with Gasteiger partial charge in [-0.05, 0) is 24.6 Å². The Morgan fingerprint density at radius 3 is 2.80 bits per heavy atom. The third kappa shape index (κ3) is 2.74. The van der Waals surface area contributed by atoms with E-state index in [1.54, 1.807) is 12.1 Å². The monoisotopic (exact) mass is 284 g/mol. The van der Waals surface area contributed by atoms with Crippen LogP contribution < -0.4 is 5.73 Å². The van der Waals surface area contributed by atoms with Crippen LogP contribution in [0.5, 0.6) is 0 Å². The molecule has 0 atom stereocenters. The van der Waals surface area contributed by atoms with Crippen LogP contribution in [0.4, 0.5) is 0 Å². The molecular weight excluding hydrogens is 275 g/mol. The lowest BCUT2D eigenvalue weighted by Gasteiger charge is -2.07. The zero-order valence-corrected chi connectivity index (χ0v) is 10.6. The molecule has 0 aliphatic rings. The van der Waals surface area contributed by atoms with E-state index in [9.17, 15) is 0 Å². The summed E-state index contributed by atoms with van der Waals surface area (Å²) in [6.07, 6.45) is 0.612. The molecule has 0 amide bonds. The fraction of sp³-hybridized carbons (Fsp3) is 0.182. The van der Waals surface area contributed by atoms with Gasteiger partial charge >= 0.3 is 0 Å². The van der Waals surface area contributed by atoms with Crippen molar-refractivity contribution in [3.63, 3.8) is 0 Å². The van der Waals surface area contributed by atoms with Crippen molar-refractivity contribution in [1.29, 1.82) is 5.26 Å². The topological polar surface area (TPSA) is 49.8 Å². The van der Waals surface area contributed by atoms with Crippen LogP contribution in [0.25, 0.3) is 5.70 Å². The van der Waals surface area contributed by atoms with Gasteiger partial charge in [-0.1, -0.05) is 34.5 Å². The Morgan fingerprint density at radius 1 is 1.60 bits per heavy atom. The zero-order valence-electron chi connectivity index (χ0n) is 8.22. The maximum absolute atomic E-state index is 8.88. The van der Waals surface area contributed by atoms with Crippen molar-refractivity contribution in [2.75, 3.05) is 0 Å². The molecule has 1 aromatic rings. The molecule has 0 saturated carbocycles. The first kappa shape index (κ1) is 12.1. The minimum atomic E-state index is 0.481. The first-order valence-corrected chi connectivity index (χ1v) is 5.61. The average Bonchev–Trinajstić information content (AvgIpc) is 2.23. The van der Waals surface area contributed by atoms with Crippen LogP contribution in [-0.2, 0) is 0 Å². The van der Waals surface area contributed by atoms with Crippen molar-refractivity contribution in [2.45, 2.75) is 13.3 Å². The molecule has 0 fully saturated rings. The van der Waals surface area contributed by atoms with Crippen molar-refractivity contribution in [3.8, 4) is 6.07 Å². The summed E-state index contributed by atoms with van der Waals surface area (Å²) in [6.45, 7) is 1.89. The first-order chi connectivity index (χ1) is 7.10. The number of benzene rings is 1. The fourth-order valence-electron chi connectivity index (χ4n) is 1.20. The summed E-state index contributed by atoms with van der Waals surface area (Å²) in [5.41, 5.74) is 7.71. The van der Waals surface area contributed by atoms with E-state index < -0.39 is 0 Å². The van der Waals surface area contributed by atoms with Gasteiger partial charge < -0.3 is 5.73 Å². The summed E-state index contributed by atoms with van der Waals surface area (Å²) in [4.78, 5) is 0. The van der Waals surface area contributed by atoms with E-state index in [0.29, 0.717) is 22.7 Å². The zero-order chi connectivity index (χ0) is 11.4. The van der Waals surface area contributed by atoms with Gasteiger partial charge in [0, 0.05) is 15.1 Å². The van der Waals surface area contributed by atoms with Gasteiger partial charge in [0.1, 0.15) is 0 Å². The summed E-state index contributed by atoms with van der Waals surface area (Å²) in [7, 11) is 0. The van der Waals surface area contributed by atoms with Crippen LogP contribution >= 0.6 is 27.5 Å². The van der Waals surface area contributed by atoms with E-state index in [1.807, 2.05) is 13.0 Å². The molecule has 0 heterocycles. The fourth-order valence-corrected chi connectivity index (χ4v) is 1.83. The number of allylic oxidation sites excluding steroid dienone is 1. The second kappa shape index (κ2) is 5.20. The van der Waals surface area contributed by atoms with Gasteiger partial charge in [0.05, 0.1) is 17.3 Å². The maximum Gasteiger partial charge on any atom is 0.0968 e. The van der Waals surface area contributed by atoms with E-state index in [-0.39, 0.29) is 0 Å². The number of nitriles is 1. The summed E-state index contributed by atoms with van der Waals surface area (Å²) >= 11 is 9.25. The van der Waals surface area contributed by atoms with Crippen LogP contribution in [0, 0.1) is 11.3 Å². The Kier molecular flexibility index (Phi) is 4.19. The second-order valence-corrected chi connectivity index (χ2v) is 4.27. The molecule has 78 valence electrons. The largest absolute Gasteiger partial charge is 0.397 e. The Morgan fingerprint density at radius 2 is 2.27 bits per heavy atom. The summed E-state index contributed by atoms with van der Waals surface area (Å²) in [5.74, 6) is 0. The highest BCUT2D eigenvalue weighted by atomic mass is 79.9. The molecule has 2 nitrogen and oxygen atoms in total. The quantitative estimate of drug-likeness (QED) is 0.842. The first-order valence-electron chi connectivity index (χ1n) is 4.44. The molecule has 1 rings (SSSR count). The van der Waals surface area contributed by atoms with Crippen molar-refractivity contribution in [1.82, 2.24) is 0 Å². The van der Waals surface area contributed by atoms with Gasteiger partial charge in [-0.15, -0.1) is 0 Å². The summed E-state index contributed by atoms with van der Waals surface area (Å²) in [6, 6.07) is 7.41. The van der Waals surface area contributed by atoms with E-state index in [0.717, 1.165) is 10.0 Å². The lowest BCUT2D eigenvalue weighted by Crippen LogP contribution is -2.01. The molecule has 0 aromatic heterocycles. The predicted molar refractivity (Wildman–Crippen MR) is 66.2 cm³/mol. The molecule has 2 N–H and O–H groups in total. The van der Waals surface area contributed by atoms with Gasteiger partial charge in [-0.25, -0.2) is 0 Å². The highest BCUT2D eigenvalue weighted by Gasteiger charge is 2.08. The van der Waals surface area contributed by atoms with E-state index in [2.05, 4.69) is 22.0 Å². The van der Waals surface area contributed by atoms with Crippen LogP contribution in [0.15, 0.2) is 28.2 Å². The van der Waals surface area contributed by atoms with Gasteiger partial charge in [0.25, 0.3) is 0 Å². The molecule has 0 spiro atoms. The Balaban J connectivity index is 3.34. The van der Waals surface area contributed by atoms with Crippen LogP contribution in [0.1, 0.15) is 18.9 Å². The van der Waals surface area contributed by atoms with Gasteiger partial charge in [-0.3, -0.25) is 0 Å². The molecule has 0 bridgehead atoms. The van der Waals surface area contributed by atoms with Crippen molar-refractivity contribution >= 4 is 33.2 Å². The van der Waals surface area contributed by atoms with Gasteiger partial charge in [-0.2, -0.15) is 5.26 Å². The minimum absolute atomic E-state index is 0.481. The molecule has 0 unspecified atom stereocenters. The number of nitrogens with two attached hydrogens (primary N) is 1.